The van der Waals surface area contributed by atoms with Gasteiger partial charge in [0.15, 0.2) is 0 Å². The van der Waals surface area contributed by atoms with E-state index >= 15 is 0 Å². The Morgan fingerprint density at radius 1 is 1.36 bits per heavy atom. The van der Waals surface area contributed by atoms with Gasteiger partial charge in [0.05, 0.1) is 5.69 Å². The Labute approximate surface area is 84.3 Å². The Hall–Kier alpha value is -1.42. The van der Waals surface area contributed by atoms with Crippen molar-refractivity contribution in [3.8, 4) is 5.75 Å². The molecule has 0 aliphatic rings. The molecule has 1 aromatic carbocycles. The molecule has 0 saturated carbocycles. The molecule has 0 aliphatic heterocycles. The van der Waals surface area contributed by atoms with E-state index in [4.69, 9.17) is 5.84 Å². The van der Waals surface area contributed by atoms with Crippen molar-refractivity contribution >= 4 is 11.4 Å². The van der Waals surface area contributed by atoms with Crippen LogP contribution in [0.1, 0.15) is 13.8 Å². The van der Waals surface area contributed by atoms with Gasteiger partial charge in [-0.05, 0) is 26.0 Å². The van der Waals surface area contributed by atoms with Crippen LogP contribution in [0, 0.1) is 0 Å². The van der Waals surface area contributed by atoms with Gasteiger partial charge in [0.1, 0.15) is 5.75 Å². The quantitative estimate of drug-likeness (QED) is 0.387. The van der Waals surface area contributed by atoms with Gasteiger partial charge in [-0.15, -0.1) is 0 Å². The highest BCUT2D eigenvalue weighted by molar-refractivity contribution is 5.63. The lowest BCUT2D eigenvalue weighted by molar-refractivity contribution is 0.477. The molecule has 0 aliphatic carbocycles. The molecule has 0 radical (unpaired) electrons. The fourth-order valence-electron chi connectivity index (χ4n) is 1.43. The van der Waals surface area contributed by atoms with Crippen LogP contribution < -0.4 is 16.2 Å². The first kappa shape index (κ1) is 10.7. The predicted octanol–water partition coefficient (Wildman–Crippen LogP) is 1.52. The van der Waals surface area contributed by atoms with Gasteiger partial charge < -0.3 is 15.4 Å². The normalized spacial score (nSPS) is 9.93. The number of aromatic hydroxyl groups is 1. The maximum atomic E-state index is 9.56. The standard InChI is InChI=1S/C10H17N3O/c1-3-13(4-2)8-5-6-9(12-11)10(14)7-8/h5-7,12,14H,3-4,11H2,1-2H3. The fourth-order valence-corrected chi connectivity index (χ4v) is 1.43. The number of hydrogen-bond acceptors (Lipinski definition) is 4. The zero-order valence-electron chi connectivity index (χ0n) is 8.62. The molecular formula is C10H17N3O. The van der Waals surface area contributed by atoms with Crippen LogP contribution in [0.2, 0.25) is 0 Å². The summed E-state index contributed by atoms with van der Waals surface area (Å²) >= 11 is 0. The van der Waals surface area contributed by atoms with Crippen molar-refractivity contribution in [1.82, 2.24) is 0 Å². The Bertz CT molecular complexity index is 297. The molecule has 0 aromatic heterocycles. The molecule has 0 heterocycles. The molecule has 0 atom stereocenters. The zero-order chi connectivity index (χ0) is 10.6. The second kappa shape index (κ2) is 4.72. The number of nitrogen functional groups attached to an aromatic ring is 1. The van der Waals surface area contributed by atoms with E-state index in [2.05, 4.69) is 24.2 Å². The SMILES string of the molecule is CCN(CC)c1ccc(NN)c(O)c1. The average molecular weight is 195 g/mol. The molecule has 4 nitrogen and oxygen atoms in total. The first-order chi connectivity index (χ1) is 6.72. The van der Waals surface area contributed by atoms with E-state index in [1.165, 1.54) is 0 Å². The first-order valence-electron chi connectivity index (χ1n) is 4.77. The van der Waals surface area contributed by atoms with Crippen LogP contribution in [0.3, 0.4) is 0 Å². The molecular weight excluding hydrogens is 178 g/mol. The molecule has 0 saturated heterocycles. The average Bonchev–Trinajstić information content (AvgIpc) is 2.20. The van der Waals surface area contributed by atoms with E-state index in [1.54, 1.807) is 12.1 Å². The Balaban J connectivity index is 2.95. The van der Waals surface area contributed by atoms with Crippen molar-refractivity contribution in [3.05, 3.63) is 18.2 Å². The maximum Gasteiger partial charge on any atom is 0.142 e. The molecule has 0 unspecified atom stereocenters. The molecule has 4 N–H and O–H groups in total. The zero-order valence-corrected chi connectivity index (χ0v) is 8.62. The fraction of sp³-hybridized carbons (Fsp3) is 0.400. The highest BCUT2D eigenvalue weighted by atomic mass is 16.3. The van der Waals surface area contributed by atoms with Gasteiger partial charge in [-0.25, -0.2) is 0 Å². The molecule has 0 bridgehead atoms. The molecule has 78 valence electrons. The number of phenolic OH excluding ortho intramolecular Hbond substituents is 1. The third-order valence-electron chi connectivity index (χ3n) is 2.27. The number of phenols is 1. The lowest BCUT2D eigenvalue weighted by Gasteiger charge is -2.21. The summed E-state index contributed by atoms with van der Waals surface area (Å²) in [5.41, 5.74) is 3.98. The number of nitrogens with one attached hydrogen (secondary N) is 1. The van der Waals surface area contributed by atoms with Crippen molar-refractivity contribution in [2.75, 3.05) is 23.4 Å². The molecule has 14 heavy (non-hydrogen) atoms. The van der Waals surface area contributed by atoms with E-state index < -0.39 is 0 Å². The minimum atomic E-state index is 0.178. The highest BCUT2D eigenvalue weighted by Gasteiger charge is 2.05. The van der Waals surface area contributed by atoms with E-state index in [0.29, 0.717) is 5.69 Å². The maximum absolute atomic E-state index is 9.56. The largest absolute Gasteiger partial charge is 0.506 e. The summed E-state index contributed by atoms with van der Waals surface area (Å²) in [5, 5.41) is 9.56. The van der Waals surface area contributed by atoms with Gasteiger partial charge in [-0.1, -0.05) is 0 Å². The third kappa shape index (κ3) is 2.09. The van der Waals surface area contributed by atoms with Crippen LogP contribution in [-0.2, 0) is 0 Å². The molecule has 4 heteroatoms. The van der Waals surface area contributed by atoms with Gasteiger partial charge in [-0.2, -0.15) is 0 Å². The number of hydrazine groups is 1. The number of nitrogens with zero attached hydrogens (tertiary/aromatic N) is 1. The Morgan fingerprint density at radius 2 is 2.00 bits per heavy atom. The van der Waals surface area contributed by atoms with Crippen molar-refractivity contribution in [3.63, 3.8) is 0 Å². The lowest BCUT2D eigenvalue weighted by Crippen LogP contribution is -2.21. The van der Waals surface area contributed by atoms with Gasteiger partial charge in [0, 0.05) is 24.8 Å². The van der Waals surface area contributed by atoms with Crippen LogP contribution in [0.15, 0.2) is 18.2 Å². The van der Waals surface area contributed by atoms with Crippen LogP contribution >= 0.6 is 0 Å². The Morgan fingerprint density at radius 3 is 2.43 bits per heavy atom. The second-order valence-electron chi connectivity index (χ2n) is 3.02. The van der Waals surface area contributed by atoms with Crippen molar-refractivity contribution in [2.45, 2.75) is 13.8 Å². The summed E-state index contributed by atoms with van der Waals surface area (Å²) in [7, 11) is 0. The van der Waals surface area contributed by atoms with Crippen molar-refractivity contribution in [2.24, 2.45) is 5.84 Å². The minimum Gasteiger partial charge on any atom is -0.506 e. The number of benzene rings is 1. The van der Waals surface area contributed by atoms with Crippen LogP contribution in [-0.4, -0.2) is 18.2 Å². The summed E-state index contributed by atoms with van der Waals surface area (Å²) < 4.78 is 0. The monoisotopic (exact) mass is 195 g/mol. The third-order valence-corrected chi connectivity index (χ3v) is 2.27. The molecule has 1 rings (SSSR count). The minimum absolute atomic E-state index is 0.178. The number of anilines is 2. The topological polar surface area (TPSA) is 61.5 Å². The molecule has 0 fully saturated rings. The number of nitrogens with two attached hydrogens (primary N) is 1. The van der Waals surface area contributed by atoms with Crippen molar-refractivity contribution in [1.29, 1.82) is 0 Å². The van der Waals surface area contributed by atoms with E-state index in [0.717, 1.165) is 18.8 Å². The molecule has 1 aromatic rings. The summed E-state index contributed by atoms with van der Waals surface area (Å²) in [4.78, 5) is 2.15. The molecule has 0 spiro atoms. The van der Waals surface area contributed by atoms with Gasteiger partial charge >= 0.3 is 0 Å². The Kier molecular flexibility index (Phi) is 3.59. The van der Waals surface area contributed by atoms with Crippen molar-refractivity contribution < 1.29 is 5.11 Å². The smallest absolute Gasteiger partial charge is 0.142 e. The lowest BCUT2D eigenvalue weighted by atomic mass is 10.2. The second-order valence-corrected chi connectivity index (χ2v) is 3.02. The predicted molar refractivity (Wildman–Crippen MR) is 59.5 cm³/mol. The van der Waals surface area contributed by atoms with E-state index in [1.807, 2.05) is 6.07 Å². The number of hydrogen-bond donors (Lipinski definition) is 3. The van der Waals surface area contributed by atoms with Gasteiger partial charge in [0.2, 0.25) is 0 Å². The highest BCUT2D eigenvalue weighted by Crippen LogP contribution is 2.27. The summed E-state index contributed by atoms with van der Waals surface area (Å²) in [6.07, 6.45) is 0. The van der Waals surface area contributed by atoms with Crippen LogP contribution in [0.5, 0.6) is 5.75 Å². The van der Waals surface area contributed by atoms with Crippen LogP contribution in [0.25, 0.3) is 0 Å². The summed E-state index contributed by atoms with van der Waals surface area (Å²) in [5.74, 6) is 5.40. The summed E-state index contributed by atoms with van der Waals surface area (Å²) in [6, 6.07) is 5.41. The van der Waals surface area contributed by atoms with Gasteiger partial charge in [0.25, 0.3) is 0 Å². The van der Waals surface area contributed by atoms with Crippen LogP contribution in [0.4, 0.5) is 11.4 Å². The first-order valence-corrected chi connectivity index (χ1v) is 4.77. The van der Waals surface area contributed by atoms with E-state index in [-0.39, 0.29) is 5.75 Å². The molecule has 0 amide bonds. The van der Waals surface area contributed by atoms with Gasteiger partial charge in [-0.3, -0.25) is 5.84 Å². The number of rotatable bonds is 4. The van der Waals surface area contributed by atoms with E-state index in [9.17, 15) is 5.11 Å². The summed E-state index contributed by atoms with van der Waals surface area (Å²) in [6.45, 7) is 6.00.